The SMILES string of the molecule is CC(C)Oc1ccccc1C1/C(=C(\O)c2ccc3c(c2)OCCO3)C(=O)C(=O)N1CCN(C)C. The summed E-state index contributed by atoms with van der Waals surface area (Å²) in [5.41, 5.74) is 1.05. The van der Waals surface area contributed by atoms with Crippen LogP contribution in [0.25, 0.3) is 5.76 Å². The van der Waals surface area contributed by atoms with E-state index in [0.29, 0.717) is 54.7 Å². The number of carbonyl (C=O) groups is 2. The molecule has 2 aliphatic rings. The number of hydrogen-bond acceptors (Lipinski definition) is 7. The molecule has 1 amide bonds. The van der Waals surface area contributed by atoms with Gasteiger partial charge in [-0.3, -0.25) is 9.59 Å². The van der Waals surface area contributed by atoms with Gasteiger partial charge >= 0.3 is 0 Å². The Hall–Kier alpha value is -3.52. The zero-order valence-electron chi connectivity index (χ0n) is 19.9. The summed E-state index contributed by atoms with van der Waals surface area (Å²) in [6.45, 7) is 5.54. The van der Waals surface area contributed by atoms with Gasteiger partial charge in [-0.05, 0) is 52.2 Å². The fourth-order valence-electron chi connectivity index (χ4n) is 4.16. The molecule has 0 spiro atoms. The number of Topliss-reactive ketones (excluding diaryl/α,β-unsaturated/α-hetero) is 1. The van der Waals surface area contributed by atoms with Gasteiger partial charge in [-0.25, -0.2) is 0 Å². The number of fused-ring (bicyclic) bond motifs is 1. The number of hydrogen-bond donors (Lipinski definition) is 1. The number of benzene rings is 2. The molecule has 0 bridgehead atoms. The van der Waals surface area contributed by atoms with Crippen LogP contribution in [0.1, 0.15) is 31.0 Å². The maximum Gasteiger partial charge on any atom is 0.295 e. The second kappa shape index (κ2) is 9.77. The van der Waals surface area contributed by atoms with Crippen molar-refractivity contribution in [3.8, 4) is 17.2 Å². The molecule has 2 aromatic carbocycles. The molecule has 0 aliphatic carbocycles. The highest BCUT2D eigenvalue weighted by Gasteiger charge is 2.47. The van der Waals surface area contributed by atoms with Crippen molar-refractivity contribution in [3.05, 3.63) is 59.2 Å². The highest BCUT2D eigenvalue weighted by molar-refractivity contribution is 6.46. The quantitative estimate of drug-likeness (QED) is 0.381. The lowest BCUT2D eigenvalue weighted by atomic mass is 9.94. The lowest BCUT2D eigenvalue weighted by Gasteiger charge is -2.28. The second-order valence-electron chi connectivity index (χ2n) is 8.86. The normalized spacial score (nSPS) is 19.2. The van der Waals surface area contributed by atoms with Gasteiger partial charge in [0.25, 0.3) is 11.7 Å². The van der Waals surface area contributed by atoms with Gasteiger partial charge in [0.05, 0.1) is 17.7 Å². The Morgan fingerprint density at radius 2 is 1.82 bits per heavy atom. The Balaban J connectivity index is 1.86. The van der Waals surface area contributed by atoms with Crippen molar-refractivity contribution in [2.45, 2.75) is 26.0 Å². The zero-order chi connectivity index (χ0) is 24.4. The van der Waals surface area contributed by atoms with E-state index in [0.717, 1.165) is 0 Å². The van der Waals surface area contributed by atoms with Crippen LogP contribution in [-0.4, -0.2) is 73.1 Å². The van der Waals surface area contributed by atoms with Crippen molar-refractivity contribution >= 4 is 17.4 Å². The molecule has 0 aromatic heterocycles. The average Bonchev–Trinajstić information content (AvgIpc) is 3.06. The number of carbonyl (C=O) groups excluding carboxylic acids is 2. The lowest BCUT2D eigenvalue weighted by molar-refractivity contribution is -0.140. The van der Waals surface area contributed by atoms with E-state index in [1.165, 1.54) is 4.90 Å². The van der Waals surface area contributed by atoms with Gasteiger partial charge in [0.1, 0.15) is 24.7 Å². The summed E-state index contributed by atoms with van der Waals surface area (Å²) in [4.78, 5) is 29.8. The molecule has 2 heterocycles. The molecule has 1 N–H and O–H groups in total. The van der Waals surface area contributed by atoms with Crippen LogP contribution in [0.3, 0.4) is 0 Å². The van der Waals surface area contributed by atoms with Crippen LogP contribution in [0.15, 0.2) is 48.0 Å². The van der Waals surface area contributed by atoms with E-state index in [-0.39, 0.29) is 17.4 Å². The van der Waals surface area contributed by atoms with Crippen LogP contribution < -0.4 is 14.2 Å². The van der Waals surface area contributed by atoms with Crippen LogP contribution in [0.5, 0.6) is 17.2 Å². The Bertz CT molecular complexity index is 1120. The number of aliphatic hydroxyl groups excluding tert-OH is 1. The molecule has 34 heavy (non-hydrogen) atoms. The number of nitrogens with zero attached hydrogens (tertiary/aromatic N) is 2. The molecule has 1 atom stereocenters. The van der Waals surface area contributed by atoms with Crippen molar-refractivity contribution in [2.75, 3.05) is 40.4 Å². The Labute approximate surface area is 199 Å². The van der Waals surface area contributed by atoms with Crippen molar-refractivity contribution in [1.29, 1.82) is 0 Å². The number of ether oxygens (including phenoxy) is 3. The zero-order valence-corrected chi connectivity index (χ0v) is 19.9. The highest BCUT2D eigenvalue weighted by Crippen LogP contribution is 2.43. The molecule has 1 saturated heterocycles. The maximum atomic E-state index is 13.3. The second-order valence-corrected chi connectivity index (χ2v) is 8.86. The van der Waals surface area contributed by atoms with Crippen molar-refractivity contribution in [1.82, 2.24) is 9.80 Å². The molecule has 0 radical (unpaired) electrons. The summed E-state index contributed by atoms with van der Waals surface area (Å²) in [6, 6.07) is 11.5. The summed E-state index contributed by atoms with van der Waals surface area (Å²) in [6.07, 6.45) is -0.108. The minimum absolute atomic E-state index is 0.0280. The molecule has 1 unspecified atom stereocenters. The first-order valence-electron chi connectivity index (χ1n) is 11.4. The summed E-state index contributed by atoms with van der Waals surface area (Å²) in [5.74, 6) is -0.0150. The molecule has 4 rings (SSSR count). The number of likely N-dealkylation sites (tertiary alicyclic amines) is 1. The van der Waals surface area contributed by atoms with Gasteiger partial charge in [-0.15, -0.1) is 0 Å². The van der Waals surface area contributed by atoms with Gasteiger partial charge in [-0.1, -0.05) is 18.2 Å². The molecule has 2 aromatic rings. The molecule has 1 fully saturated rings. The number of rotatable bonds is 7. The minimum atomic E-state index is -0.789. The molecule has 180 valence electrons. The van der Waals surface area contributed by atoms with Crippen LogP contribution in [0.2, 0.25) is 0 Å². The van der Waals surface area contributed by atoms with Gasteiger partial charge < -0.3 is 29.1 Å². The van der Waals surface area contributed by atoms with Gasteiger partial charge in [0.15, 0.2) is 11.5 Å². The fraction of sp³-hybridized carbons (Fsp3) is 0.385. The molecule has 8 nitrogen and oxygen atoms in total. The number of amides is 1. The first-order chi connectivity index (χ1) is 16.3. The Morgan fingerprint density at radius 1 is 1.12 bits per heavy atom. The third kappa shape index (κ3) is 4.59. The van der Waals surface area contributed by atoms with Crippen LogP contribution >= 0.6 is 0 Å². The molecular weight excluding hydrogens is 436 g/mol. The van der Waals surface area contributed by atoms with Gasteiger partial charge in [-0.2, -0.15) is 0 Å². The Kier molecular flexibility index (Phi) is 6.79. The third-order valence-corrected chi connectivity index (χ3v) is 5.72. The summed E-state index contributed by atoms with van der Waals surface area (Å²) in [7, 11) is 3.80. The first-order valence-corrected chi connectivity index (χ1v) is 11.4. The van der Waals surface area contributed by atoms with E-state index in [4.69, 9.17) is 14.2 Å². The van der Waals surface area contributed by atoms with Crippen molar-refractivity contribution in [2.24, 2.45) is 0 Å². The monoisotopic (exact) mass is 466 g/mol. The van der Waals surface area contributed by atoms with Gasteiger partial charge in [0.2, 0.25) is 0 Å². The predicted octanol–water partition coefficient (Wildman–Crippen LogP) is 3.23. The van der Waals surface area contributed by atoms with E-state index in [9.17, 15) is 14.7 Å². The molecular formula is C26H30N2O6. The van der Waals surface area contributed by atoms with Gasteiger partial charge in [0, 0.05) is 24.2 Å². The van der Waals surface area contributed by atoms with E-state index in [1.54, 1.807) is 18.2 Å². The van der Waals surface area contributed by atoms with E-state index in [2.05, 4.69) is 0 Å². The minimum Gasteiger partial charge on any atom is -0.507 e. The number of para-hydroxylation sites is 1. The molecule has 0 saturated carbocycles. The van der Waals surface area contributed by atoms with E-state index >= 15 is 0 Å². The highest BCUT2D eigenvalue weighted by atomic mass is 16.6. The maximum absolute atomic E-state index is 13.3. The fourth-order valence-corrected chi connectivity index (χ4v) is 4.16. The summed E-state index contributed by atoms with van der Waals surface area (Å²) >= 11 is 0. The van der Waals surface area contributed by atoms with Crippen LogP contribution in [0, 0.1) is 0 Å². The van der Waals surface area contributed by atoms with Crippen molar-refractivity contribution in [3.63, 3.8) is 0 Å². The summed E-state index contributed by atoms with van der Waals surface area (Å²) in [5, 5.41) is 11.3. The largest absolute Gasteiger partial charge is 0.507 e. The summed E-state index contributed by atoms with van der Waals surface area (Å²) < 4.78 is 17.2. The first kappa shape index (κ1) is 23.6. The third-order valence-electron chi connectivity index (χ3n) is 5.72. The lowest BCUT2D eigenvalue weighted by Crippen LogP contribution is -2.35. The standard InChI is InChI=1S/C26H30N2O6/c1-16(2)34-19-8-6-5-7-18(19)23-22(25(30)26(31)28(23)12-11-27(3)4)24(29)17-9-10-20-21(15-17)33-14-13-32-20/h5-10,15-16,23,29H,11-14H2,1-4H3/b24-22+. The topological polar surface area (TPSA) is 88.5 Å². The average molecular weight is 467 g/mol. The van der Waals surface area contributed by atoms with Crippen LogP contribution in [-0.2, 0) is 9.59 Å². The van der Waals surface area contributed by atoms with Crippen molar-refractivity contribution < 1.29 is 28.9 Å². The Morgan fingerprint density at radius 3 is 2.53 bits per heavy atom. The number of ketones is 1. The smallest absolute Gasteiger partial charge is 0.295 e. The predicted molar refractivity (Wildman–Crippen MR) is 127 cm³/mol. The van der Waals surface area contributed by atoms with E-state index in [1.807, 2.05) is 57.1 Å². The molecule has 8 heteroatoms. The number of likely N-dealkylation sites (N-methyl/N-ethyl adjacent to an activating group) is 1. The number of aliphatic hydroxyl groups is 1. The van der Waals surface area contributed by atoms with Crippen LogP contribution in [0.4, 0.5) is 0 Å². The van der Waals surface area contributed by atoms with E-state index < -0.39 is 17.7 Å². The molecule has 2 aliphatic heterocycles.